The second-order valence-corrected chi connectivity index (χ2v) is 7.30. The number of nitrogens with two attached hydrogens (primary N) is 1. The predicted molar refractivity (Wildman–Crippen MR) is 68.0 cm³/mol. The van der Waals surface area contributed by atoms with Gasteiger partial charge in [-0.1, -0.05) is 6.07 Å². The van der Waals surface area contributed by atoms with Crippen LogP contribution in [0.25, 0.3) is 0 Å². The van der Waals surface area contributed by atoms with Crippen molar-refractivity contribution in [1.29, 1.82) is 0 Å². The molecule has 0 saturated carbocycles. The molecule has 1 aromatic heterocycles. The smallest absolute Gasteiger partial charge is 0.154 e. The second-order valence-electron chi connectivity index (χ2n) is 4.71. The maximum absolute atomic E-state index is 11.8. The molecule has 0 aliphatic heterocycles. The summed E-state index contributed by atoms with van der Waals surface area (Å²) in [7, 11) is -3.24. The van der Waals surface area contributed by atoms with Crippen LogP contribution in [0.2, 0.25) is 0 Å². The number of hydrogen-bond acceptors (Lipinski definition) is 5. The van der Waals surface area contributed by atoms with Crippen LogP contribution in [-0.4, -0.2) is 24.4 Å². The van der Waals surface area contributed by atoms with E-state index in [1.807, 2.05) is 19.1 Å². The lowest BCUT2D eigenvalue weighted by molar-refractivity contribution is 0.426. The summed E-state index contributed by atoms with van der Waals surface area (Å²) in [6.45, 7) is 5.16. The van der Waals surface area contributed by atoms with E-state index in [2.05, 4.69) is 10.4 Å². The number of sulfone groups is 1. The highest BCUT2D eigenvalue weighted by atomic mass is 32.2. The molecule has 17 heavy (non-hydrogen) atoms. The first kappa shape index (κ1) is 14.1. The highest BCUT2D eigenvalue weighted by molar-refractivity contribution is 7.92. The zero-order valence-electron chi connectivity index (χ0n) is 10.6. The first-order chi connectivity index (χ1) is 7.70. The maximum Gasteiger partial charge on any atom is 0.154 e. The summed E-state index contributed by atoms with van der Waals surface area (Å²) in [4.78, 5) is 4.15. The number of hydrogen-bond donors (Lipinski definition) is 2. The van der Waals surface area contributed by atoms with Gasteiger partial charge in [0.25, 0.3) is 0 Å². The predicted octanol–water partition coefficient (Wildman–Crippen LogP) is 0.718. The van der Waals surface area contributed by atoms with Crippen molar-refractivity contribution in [3.8, 4) is 0 Å². The normalized spacial score (nSPS) is 14.6. The van der Waals surface area contributed by atoms with Gasteiger partial charge < -0.3 is 0 Å². The van der Waals surface area contributed by atoms with E-state index < -0.39 is 20.6 Å². The van der Waals surface area contributed by atoms with Crippen LogP contribution >= 0.6 is 0 Å². The fourth-order valence-electron chi connectivity index (χ4n) is 1.56. The lowest BCUT2D eigenvalue weighted by Crippen LogP contribution is -2.47. The molecule has 0 aromatic carbocycles. The van der Waals surface area contributed by atoms with Crippen LogP contribution in [0.15, 0.2) is 18.3 Å². The third kappa shape index (κ3) is 2.83. The lowest BCUT2D eigenvalue weighted by Gasteiger charge is -2.32. The van der Waals surface area contributed by atoms with Gasteiger partial charge in [0, 0.05) is 18.1 Å². The fraction of sp³-hybridized carbons (Fsp3) is 0.545. The summed E-state index contributed by atoms with van der Waals surface area (Å²) < 4.78 is 22.6. The topological polar surface area (TPSA) is 85.1 Å². The molecule has 1 heterocycles. The average molecular weight is 257 g/mol. The number of aryl methyl sites for hydroxylation is 1. The third-order valence-electron chi connectivity index (χ3n) is 3.09. The molecule has 0 fully saturated rings. The van der Waals surface area contributed by atoms with Crippen molar-refractivity contribution in [2.45, 2.75) is 31.6 Å². The Balaban J connectivity index is 3.21. The summed E-state index contributed by atoms with van der Waals surface area (Å²) >= 11 is 0. The highest BCUT2D eigenvalue weighted by Crippen LogP contribution is 2.31. The van der Waals surface area contributed by atoms with E-state index in [1.54, 1.807) is 20.0 Å². The Kier molecular flexibility index (Phi) is 3.91. The molecular formula is C11H19N3O2S. The van der Waals surface area contributed by atoms with Gasteiger partial charge in [0.15, 0.2) is 9.84 Å². The third-order valence-corrected chi connectivity index (χ3v) is 5.23. The van der Waals surface area contributed by atoms with Gasteiger partial charge in [-0.2, -0.15) is 0 Å². The molecule has 3 N–H and O–H groups in total. The number of nitrogens with one attached hydrogen (secondary N) is 1. The van der Waals surface area contributed by atoms with E-state index in [0.717, 1.165) is 11.3 Å². The zero-order valence-corrected chi connectivity index (χ0v) is 11.4. The van der Waals surface area contributed by atoms with Crippen molar-refractivity contribution in [1.82, 2.24) is 10.4 Å². The Bertz CT molecular complexity index is 480. The van der Waals surface area contributed by atoms with E-state index in [9.17, 15) is 8.42 Å². The van der Waals surface area contributed by atoms with Crippen molar-refractivity contribution < 1.29 is 8.42 Å². The number of aromatic nitrogens is 1. The van der Waals surface area contributed by atoms with Gasteiger partial charge in [-0.05, 0) is 32.4 Å². The summed E-state index contributed by atoms with van der Waals surface area (Å²) in [6.07, 6.45) is 2.85. The standard InChI is InChI=1S/C11H19N3O2S/c1-8-5-6-9(7-13-8)10(14-12)11(2,3)17(4,15)16/h5-7,10,14H,12H2,1-4H3. The van der Waals surface area contributed by atoms with Crippen LogP contribution in [0.3, 0.4) is 0 Å². The number of pyridine rings is 1. The average Bonchev–Trinajstić information content (AvgIpc) is 2.20. The number of hydrazine groups is 1. The van der Waals surface area contributed by atoms with Crippen molar-refractivity contribution in [3.63, 3.8) is 0 Å². The molecule has 6 heteroatoms. The van der Waals surface area contributed by atoms with Crippen molar-refractivity contribution in [2.75, 3.05) is 6.26 Å². The Morgan fingerprint density at radius 2 is 2.00 bits per heavy atom. The minimum Gasteiger partial charge on any atom is -0.271 e. The molecule has 0 aliphatic rings. The Hall–Kier alpha value is -0.980. The minimum atomic E-state index is -3.24. The summed E-state index contributed by atoms with van der Waals surface area (Å²) in [5.74, 6) is 5.48. The molecule has 0 bridgehead atoms. The summed E-state index contributed by atoms with van der Waals surface area (Å²) in [6, 6.07) is 3.17. The first-order valence-electron chi connectivity index (χ1n) is 5.28. The molecule has 0 amide bonds. The van der Waals surface area contributed by atoms with Gasteiger partial charge in [0.1, 0.15) is 0 Å². The van der Waals surface area contributed by atoms with E-state index in [4.69, 9.17) is 5.84 Å². The van der Waals surface area contributed by atoms with Crippen molar-refractivity contribution >= 4 is 9.84 Å². The van der Waals surface area contributed by atoms with Gasteiger partial charge in [0.05, 0.1) is 10.8 Å². The van der Waals surface area contributed by atoms with E-state index in [-0.39, 0.29) is 0 Å². The van der Waals surface area contributed by atoms with Crippen molar-refractivity contribution in [2.24, 2.45) is 5.84 Å². The van der Waals surface area contributed by atoms with Crippen LogP contribution in [0.5, 0.6) is 0 Å². The Morgan fingerprint density at radius 1 is 1.41 bits per heavy atom. The van der Waals surface area contributed by atoms with Gasteiger partial charge in [-0.25, -0.2) is 8.42 Å². The molecule has 1 aromatic rings. The van der Waals surface area contributed by atoms with Crippen molar-refractivity contribution in [3.05, 3.63) is 29.6 Å². The molecule has 0 aliphatic carbocycles. The molecule has 0 saturated heterocycles. The second kappa shape index (κ2) is 4.72. The largest absolute Gasteiger partial charge is 0.271 e. The molecule has 0 spiro atoms. The molecule has 1 rings (SSSR count). The first-order valence-corrected chi connectivity index (χ1v) is 7.17. The monoisotopic (exact) mass is 257 g/mol. The summed E-state index contributed by atoms with van der Waals surface area (Å²) in [5, 5.41) is 0. The quantitative estimate of drug-likeness (QED) is 0.613. The van der Waals surface area contributed by atoms with Gasteiger partial charge in [0.2, 0.25) is 0 Å². The van der Waals surface area contributed by atoms with E-state index >= 15 is 0 Å². The number of nitrogens with zero attached hydrogens (tertiary/aromatic N) is 1. The molecule has 1 atom stereocenters. The SMILES string of the molecule is Cc1ccc(C(NN)C(C)(C)S(C)(=O)=O)cn1. The van der Waals surface area contributed by atoms with Gasteiger partial charge in [-0.3, -0.25) is 16.3 Å². The fourth-order valence-corrected chi connectivity index (χ4v) is 2.19. The molecular weight excluding hydrogens is 238 g/mol. The van der Waals surface area contributed by atoms with Gasteiger partial charge in [-0.15, -0.1) is 0 Å². The molecule has 96 valence electrons. The molecule has 0 radical (unpaired) electrons. The minimum absolute atomic E-state index is 0.495. The Morgan fingerprint density at radius 3 is 2.35 bits per heavy atom. The van der Waals surface area contributed by atoms with Crippen LogP contribution < -0.4 is 11.3 Å². The molecule has 5 nitrogen and oxygen atoms in total. The summed E-state index contributed by atoms with van der Waals surface area (Å²) in [5.41, 5.74) is 4.20. The van der Waals surface area contributed by atoms with E-state index in [0.29, 0.717) is 0 Å². The zero-order chi connectivity index (χ0) is 13.3. The Labute approximate surface area is 102 Å². The maximum atomic E-state index is 11.8. The lowest BCUT2D eigenvalue weighted by atomic mass is 9.97. The van der Waals surface area contributed by atoms with Crippen LogP contribution in [-0.2, 0) is 9.84 Å². The van der Waals surface area contributed by atoms with E-state index in [1.165, 1.54) is 6.26 Å². The molecule has 1 unspecified atom stereocenters. The van der Waals surface area contributed by atoms with Gasteiger partial charge >= 0.3 is 0 Å². The number of rotatable bonds is 4. The highest BCUT2D eigenvalue weighted by Gasteiger charge is 2.39. The van der Waals surface area contributed by atoms with Crippen LogP contribution in [0.4, 0.5) is 0 Å². The van der Waals surface area contributed by atoms with Crippen LogP contribution in [0.1, 0.15) is 31.1 Å². The van der Waals surface area contributed by atoms with Crippen LogP contribution in [0, 0.1) is 6.92 Å².